The van der Waals surface area contributed by atoms with Gasteiger partial charge in [-0.3, -0.25) is 4.79 Å². The van der Waals surface area contributed by atoms with Crippen molar-refractivity contribution < 1.29 is 9.53 Å². The van der Waals surface area contributed by atoms with E-state index in [2.05, 4.69) is 32.8 Å². The summed E-state index contributed by atoms with van der Waals surface area (Å²) in [7, 11) is 1.44. The van der Waals surface area contributed by atoms with Gasteiger partial charge in [-0.2, -0.15) is 0 Å². The molecule has 0 fully saturated rings. The summed E-state index contributed by atoms with van der Waals surface area (Å²) >= 11 is 3.46. The Kier molecular flexibility index (Phi) is 15.5. The molecule has 0 spiro atoms. The largest absolute Gasteiger partial charge is 0.469 e. The molecule has 2 nitrogen and oxygen atoms in total. The van der Waals surface area contributed by atoms with Crippen molar-refractivity contribution >= 4 is 21.9 Å². The second-order valence-electron chi connectivity index (χ2n) is 4.89. The van der Waals surface area contributed by atoms with Crippen molar-refractivity contribution in [3.63, 3.8) is 0 Å². The highest BCUT2D eigenvalue weighted by Gasteiger charge is 1.96. The molecule has 0 bridgehead atoms. The Morgan fingerprint density at radius 2 is 1.42 bits per heavy atom. The van der Waals surface area contributed by atoms with Gasteiger partial charge >= 0.3 is 5.97 Å². The zero-order valence-corrected chi connectivity index (χ0v) is 13.9. The smallest absolute Gasteiger partial charge is 0.305 e. The van der Waals surface area contributed by atoms with Crippen LogP contribution in [-0.2, 0) is 9.53 Å². The first-order valence-corrected chi connectivity index (χ1v) is 8.71. The summed E-state index contributed by atoms with van der Waals surface area (Å²) in [6, 6.07) is 0. The topological polar surface area (TPSA) is 26.3 Å². The summed E-state index contributed by atoms with van der Waals surface area (Å²) in [6.45, 7) is 0. The van der Waals surface area contributed by atoms with E-state index in [1.807, 2.05) is 0 Å². The molecule has 0 heterocycles. The zero-order chi connectivity index (χ0) is 14.2. The van der Waals surface area contributed by atoms with Crippen LogP contribution in [0.1, 0.15) is 70.6 Å². The normalized spacial score (nSPS) is 11.1. The molecule has 0 unspecified atom stereocenters. The molecule has 0 saturated carbocycles. The summed E-state index contributed by atoms with van der Waals surface area (Å²) < 4.78 is 4.59. The number of alkyl halides is 1. The van der Waals surface area contributed by atoms with Crippen molar-refractivity contribution in [2.45, 2.75) is 70.6 Å². The van der Waals surface area contributed by atoms with Crippen LogP contribution in [0.15, 0.2) is 12.2 Å². The molecular weight excluding hydrogens is 304 g/mol. The van der Waals surface area contributed by atoms with Gasteiger partial charge in [-0.1, -0.05) is 60.2 Å². The number of allylic oxidation sites excluding steroid dienone is 2. The van der Waals surface area contributed by atoms with Gasteiger partial charge in [0.2, 0.25) is 0 Å². The minimum atomic E-state index is -0.103. The molecule has 0 radical (unpaired) electrons. The SMILES string of the molecule is COC(=O)CCCC=CCCCCCCCCCBr. The molecule has 112 valence electrons. The molecule has 0 aromatic heterocycles. The maximum atomic E-state index is 10.9. The van der Waals surface area contributed by atoms with Gasteiger partial charge in [-0.25, -0.2) is 0 Å². The van der Waals surface area contributed by atoms with Crippen LogP contribution in [0.2, 0.25) is 0 Å². The quantitative estimate of drug-likeness (QED) is 0.195. The number of esters is 1. The lowest BCUT2D eigenvalue weighted by atomic mass is 10.1. The first-order chi connectivity index (χ1) is 9.31. The second-order valence-corrected chi connectivity index (χ2v) is 5.69. The summed E-state index contributed by atoms with van der Waals surface area (Å²) in [4.78, 5) is 10.9. The molecule has 0 saturated heterocycles. The van der Waals surface area contributed by atoms with Crippen molar-refractivity contribution in [2.75, 3.05) is 12.4 Å². The van der Waals surface area contributed by atoms with Crippen molar-refractivity contribution in [3.05, 3.63) is 12.2 Å². The van der Waals surface area contributed by atoms with Crippen molar-refractivity contribution in [1.29, 1.82) is 0 Å². The summed E-state index contributed by atoms with van der Waals surface area (Å²) in [5.74, 6) is -0.103. The second kappa shape index (κ2) is 15.7. The Balaban J connectivity index is 3.10. The predicted molar refractivity (Wildman–Crippen MR) is 85.7 cm³/mol. The number of ether oxygens (including phenoxy) is 1. The highest BCUT2D eigenvalue weighted by molar-refractivity contribution is 9.09. The predicted octanol–water partition coefficient (Wildman–Crippen LogP) is 5.40. The highest BCUT2D eigenvalue weighted by atomic mass is 79.9. The molecule has 0 aliphatic heterocycles. The molecule has 0 amide bonds. The molecule has 0 aromatic rings. The van der Waals surface area contributed by atoms with Gasteiger partial charge in [0.25, 0.3) is 0 Å². The number of hydrogen-bond acceptors (Lipinski definition) is 2. The molecule has 0 aliphatic carbocycles. The van der Waals surface area contributed by atoms with Crippen LogP contribution >= 0.6 is 15.9 Å². The van der Waals surface area contributed by atoms with E-state index in [0.29, 0.717) is 6.42 Å². The summed E-state index contributed by atoms with van der Waals surface area (Å²) in [6.07, 6.45) is 17.5. The van der Waals surface area contributed by atoms with Gasteiger partial charge in [0.1, 0.15) is 0 Å². The van der Waals surface area contributed by atoms with E-state index in [0.717, 1.165) is 18.2 Å². The first-order valence-electron chi connectivity index (χ1n) is 7.59. The highest BCUT2D eigenvalue weighted by Crippen LogP contribution is 2.09. The summed E-state index contributed by atoms with van der Waals surface area (Å²) in [5.41, 5.74) is 0. The number of halogens is 1. The third-order valence-corrected chi connectivity index (χ3v) is 3.71. The van der Waals surface area contributed by atoms with Crippen LogP contribution in [0.5, 0.6) is 0 Å². The Labute approximate surface area is 127 Å². The van der Waals surface area contributed by atoms with Crippen molar-refractivity contribution in [1.82, 2.24) is 0 Å². The lowest BCUT2D eigenvalue weighted by molar-refractivity contribution is -0.140. The van der Waals surface area contributed by atoms with E-state index in [9.17, 15) is 4.79 Å². The van der Waals surface area contributed by atoms with Gasteiger partial charge < -0.3 is 4.74 Å². The molecule has 0 rings (SSSR count). The fourth-order valence-electron chi connectivity index (χ4n) is 1.94. The van der Waals surface area contributed by atoms with Crippen LogP contribution in [-0.4, -0.2) is 18.4 Å². The minimum absolute atomic E-state index is 0.103. The van der Waals surface area contributed by atoms with E-state index in [1.54, 1.807) is 0 Å². The van der Waals surface area contributed by atoms with Crippen LogP contribution in [0, 0.1) is 0 Å². The van der Waals surface area contributed by atoms with E-state index < -0.39 is 0 Å². The van der Waals surface area contributed by atoms with E-state index in [1.165, 1.54) is 58.5 Å². The van der Waals surface area contributed by atoms with Gasteiger partial charge in [-0.15, -0.1) is 0 Å². The number of unbranched alkanes of at least 4 members (excludes halogenated alkanes) is 8. The number of hydrogen-bond donors (Lipinski definition) is 0. The molecule has 3 heteroatoms. The third-order valence-electron chi connectivity index (χ3n) is 3.15. The number of methoxy groups -OCH3 is 1. The van der Waals surface area contributed by atoms with Crippen LogP contribution in [0.3, 0.4) is 0 Å². The fourth-order valence-corrected chi connectivity index (χ4v) is 2.34. The van der Waals surface area contributed by atoms with Crippen LogP contribution < -0.4 is 0 Å². The molecule has 0 aliphatic rings. The molecule has 19 heavy (non-hydrogen) atoms. The van der Waals surface area contributed by atoms with E-state index in [4.69, 9.17) is 0 Å². The number of carbonyl (C=O) groups is 1. The third kappa shape index (κ3) is 15.6. The maximum absolute atomic E-state index is 10.9. The Hall–Kier alpha value is -0.310. The lowest BCUT2D eigenvalue weighted by Gasteiger charge is -1.99. The minimum Gasteiger partial charge on any atom is -0.469 e. The molecule has 0 aromatic carbocycles. The van der Waals surface area contributed by atoms with E-state index >= 15 is 0 Å². The van der Waals surface area contributed by atoms with Gasteiger partial charge in [-0.05, 0) is 32.1 Å². The van der Waals surface area contributed by atoms with Crippen LogP contribution in [0.25, 0.3) is 0 Å². The average Bonchev–Trinajstić information content (AvgIpc) is 2.43. The number of rotatable bonds is 13. The number of carbonyl (C=O) groups excluding carboxylic acids is 1. The summed E-state index contributed by atoms with van der Waals surface area (Å²) in [5, 5.41) is 1.15. The molecular formula is C16H29BrO2. The molecule has 0 N–H and O–H groups in total. The fraction of sp³-hybridized carbons (Fsp3) is 0.812. The van der Waals surface area contributed by atoms with Crippen LogP contribution in [0.4, 0.5) is 0 Å². The van der Waals surface area contributed by atoms with Crippen molar-refractivity contribution in [2.24, 2.45) is 0 Å². The van der Waals surface area contributed by atoms with Gasteiger partial charge in [0.05, 0.1) is 7.11 Å². The van der Waals surface area contributed by atoms with Crippen molar-refractivity contribution in [3.8, 4) is 0 Å². The zero-order valence-electron chi connectivity index (χ0n) is 12.3. The standard InChI is InChI=1S/C16H29BrO2/c1-19-16(18)14-12-10-8-6-4-2-3-5-7-9-11-13-15-17/h6,8H,2-5,7,9-15H2,1H3. The van der Waals surface area contributed by atoms with Gasteiger partial charge in [0, 0.05) is 11.8 Å². The Morgan fingerprint density at radius 1 is 0.895 bits per heavy atom. The average molecular weight is 333 g/mol. The monoisotopic (exact) mass is 332 g/mol. The Bertz CT molecular complexity index is 227. The lowest BCUT2D eigenvalue weighted by Crippen LogP contribution is -1.98. The maximum Gasteiger partial charge on any atom is 0.305 e. The Morgan fingerprint density at radius 3 is 2.00 bits per heavy atom. The molecule has 0 atom stereocenters. The van der Waals surface area contributed by atoms with Gasteiger partial charge in [0.15, 0.2) is 0 Å². The first kappa shape index (κ1) is 18.7. The van der Waals surface area contributed by atoms with E-state index in [-0.39, 0.29) is 5.97 Å².